The van der Waals surface area contributed by atoms with Gasteiger partial charge in [0, 0.05) is 75.8 Å². The second-order valence-electron chi connectivity index (χ2n) is 26.5. The minimum absolute atomic E-state index is 0.253. The van der Waals surface area contributed by atoms with Crippen LogP contribution in [-0.4, -0.2) is 149 Å². The Bertz CT molecular complexity index is 5670. The Labute approximate surface area is 652 Å². The van der Waals surface area contributed by atoms with Crippen LogP contribution in [0.2, 0.25) is 66.4 Å². The minimum Gasteiger partial charge on any atom is -0.536 e. The highest BCUT2D eigenvalue weighted by Crippen LogP contribution is 2.46. The SMILES string of the molecule is Cc1nn2ccccc2c1-c1nc(-c2cc(C=O)ccc2Cl)c(-c2ncn(COCC[Si](C)(C)C)n2)s1.Cc1nn2ccccc2c1-c1nc(-c2cc(C=O)ccc2Cl)c(-c2ncn[nH]2)s1.Cc1nn2ccccc2c1-c1nc(Br)c(-c2ncn(COCC[Si](C)(C)C)n2)s1.O=Cc1ccc(Cl)c(O[B]O)c1. The fourth-order valence-electron chi connectivity index (χ4n) is 10.9. The van der Waals surface area contributed by atoms with E-state index in [4.69, 9.17) is 64.3 Å². The van der Waals surface area contributed by atoms with Crippen molar-refractivity contribution in [3.05, 3.63) is 200 Å². The summed E-state index contributed by atoms with van der Waals surface area (Å²) in [5.41, 5.74) is 12.6. The van der Waals surface area contributed by atoms with Crippen molar-refractivity contribution in [3.63, 3.8) is 0 Å². The van der Waals surface area contributed by atoms with E-state index < -0.39 is 16.1 Å². The van der Waals surface area contributed by atoms with Crippen molar-refractivity contribution < 1.29 is 33.5 Å². The Morgan fingerprint density at radius 1 is 0.533 bits per heavy atom. The number of fused-ring (bicyclic) bond motifs is 3. The van der Waals surface area contributed by atoms with Crippen LogP contribution in [0.1, 0.15) is 48.2 Å². The highest BCUT2D eigenvalue weighted by molar-refractivity contribution is 9.10. The molecule has 545 valence electrons. The number of thiazole rings is 3. The van der Waals surface area contributed by atoms with Crippen LogP contribution in [0.15, 0.2) is 151 Å². The van der Waals surface area contributed by atoms with Gasteiger partial charge in [-0.3, -0.25) is 19.5 Å². The second-order valence-corrected chi connectivity index (χ2v) is 42.7. The van der Waals surface area contributed by atoms with Crippen LogP contribution in [0.4, 0.5) is 0 Å². The fraction of sp³-hybridized carbons (Fsp3) is 0.208. The third-order valence-electron chi connectivity index (χ3n) is 16.2. The summed E-state index contributed by atoms with van der Waals surface area (Å²) in [6.45, 7) is 22.1. The summed E-state index contributed by atoms with van der Waals surface area (Å²) >= 11 is 26.8. The number of ether oxygens (including phenoxy) is 2. The number of rotatable bonds is 23. The van der Waals surface area contributed by atoms with Crippen molar-refractivity contribution in [2.24, 2.45) is 0 Å². The number of nitrogens with one attached hydrogen (secondary N) is 1. The predicted molar refractivity (Wildman–Crippen MR) is 430 cm³/mol. The van der Waals surface area contributed by atoms with E-state index in [1.807, 2.05) is 101 Å². The first-order valence-electron chi connectivity index (χ1n) is 33.2. The second kappa shape index (κ2) is 34.2. The number of nitrogens with zero attached hydrogens (tertiary/aromatic N) is 17. The number of H-pyrrole nitrogens is 1. The van der Waals surface area contributed by atoms with E-state index in [1.54, 1.807) is 75.8 Å². The van der Waals surface area contributed by atoms with Crippen LogP contribution in [0, 0.1) is 20.8 Å². The summed E-state index contributed by atoms with van der Waals surface area (Å²) < 4.78 is 25.9. The summed E-state index contributed by atoms with van der Waals surface area (Å²) in [5.74, 6) is 2.01. The molecule has 0 saturated heterocycles. The van der Waals surface area contributed by atoms with Crippen molar-refractivity contribution in [2.45, 2.75) is 85.6 Å². The van der Waals surface area contributed by atoms with Gasteiger partial charge in [0.1, 0.15) is 86.4 Å². The number of aromatic amines is 1. The Hall–Kier alpha value is -9.42. The first kappa shape index (κ1) is 77.2. The van der Waals surface area contributed by atoms with Gasteiger partial charge >= 0.3 is 7.69 Å². The van der Waals surface area contributed by atoms with Crippen LogP contribution in [0.5, 0.6) is 5.75 Å². The molecule has 1 radical (unpaired) electrons. The van der Waals surface area contributed by atoms with E-state index in [1.165, 1.54) is 41.1 Å². The van der Waals surface area contributed by atoms with E-state index in [0.29, 0.717) is 106 Å². The van der Waals surface area contributed by atoms with Crippen molar-refractivity contribution in [3.8, 4) is 92.1 Å². The molecule has 35 heteroatoms. The monoisotopic (exact) mass is 1640 g/mol. The van der Waals surface area contributed by atoms with E-state index in [0.717, 1.165) is 116 Å². The van der Waals surface area contributed by atoms with Gasteiger partial charge in [0.25, 0.3) is 0 Å². The molecule has 0 bridgehead atoms. The molecule has 15 rings (SSSR count). The molecule has 25 nitrogen and oxygen atoms in total. The Morgan fingerprint density at radius 2 is 0.953 bits per heavy atom. The molecular weight excluding hydrogens is 1580 g/mol. The van der Waals surface area contributed by atoms with Gasteiger partial charge in [-0.15, -0.1) is 44.2 Å². The molecule has 12 aromatic heterocycles. The largest absolute Gasteiger partial charge is 0.569 e. The Kier molecular flexibility index (Phi) is 24.7. The first-order chi connectivity index (χ1) is 51.5. The lowest BCUT2D eigenvalue weighted by molar-refractivity contribution is 0.0784. The van der Waals surface area contributed by atoms with Crippen LogP contribution in [-0.2, 0) is 22.9 Å². The lowest BCUT2D eigenvalue weighted by Gasteiger charge is -2.15. The molecule has 15 aromatic rings. The zero-order valence-corrected chi connectivity index (χ0v) is 67.4. The van der Waals surface area contributed by atoms with Gasteiger partial charge in [-0.1, -0.05) is 104 Å². The molecule has 0 aliphatic heterocycles. The fourth-order valence-corrected chi connectivity index (χ4v) is 16.9. The van der Waals surface area contributed by atoms with Crippen LogP contribution < -0.4 is 4.65 Å². The quantitative estimate of drug-likeness (QED) is 0.0342. The highest BCUT2D eigenvalue weighted by Gasteiger charge is 2.27. The molecule has 0 spiro atoms. The van der Waals surface area contributed by atoms with Crippen LogP contribution in [0.25, 0.3) is 103 Å². The molecule has 0 unspecified atom stereocenters. The third-order valence-corrected chi connectivity index (χ3v) is 24.6. The molecule has 12 heterocycles. The lowest BCUT2D eigenvalue weighted by Crippen LogP contribution is -2.22. The molecule has 2 N–H and O–H groups in total. The molecule has 0 amide bonds. The maximum atomic E-state index is 11.5. The number of hydrogen-bond donors (Lipinski definition) is 2. The van der Waals surface area contributed by atoms with Crippen molar-refractivity contribution >= 4 is 144 Å². The van der Waals surface area contributed by atoms with Gasteiger partial charge in [-0.05, 0) is 128 Å². The zero-order valence-electron chi connectivity index (χ0n) is 59.1. The Morgan fingerprint density at radius 3 is 1.39 bits per heavy atom. The van der Waals surface area contributed by atoms with Gasteiger partial charge < -0.3 is 19.2 Å². The van der Waals surface area contributed by atoms with Gasteiger partial charge in [0.05, 0.1) is 81.7 Å². The molecule has 0 aliphatic carbocycles. The predicted octanol–water partition coefficient (Wildman–Crippen LogP) is 17.3. The van der Waals surface area contributed by atoms with Gasteiger partial charge in [0.15, 0.2) is 17.5 Å². The molecule has 107 heavy (non-hydrogen) atoms. The number of pyridine rings is 3. The number of halogens is 4. The maximum Gasteiger partial charge on any atom is 0.569 e. The lowest BCUT2D eigenvalue weighted by atomic mass is 10.1. The van der Waals surface area contributed by atoms with Crippen molar-refractivity contribution in [1.82, 2.24) is 88.5 Å². The molecule has 0 aliphatic rings. The highest BCUT2D eigenvalue weighted by atomic mass is 79.9. The average molecular weight is 1650 g/mol. The molecule has 0 saturated carbocycles. The summed E-state index contributed by atoms with van der Waals surface area (Å²) in [6.07, 6.45) is 12.8. The smallest absolute Gasteiger partial charge is 0.536 e. The topological polar surface area (TPSA) is 293 Å². The van der Waals surface area contributed by atoms with E-state index in [-0.39, 0.29) is 5.75 Å². The van der Waals surface area contributed by atoms with Gasteiger partial charge in [0.2, 0.25) is 0 Å². The number of aldehydes is 3. The van der Waals surface area contributed by atoms with E-state index >= 15 is 0 Å². The number of aromatic nitrogens is 18. The van der Waals surface area contributed by atoms with Gasteiger partial charge in [-0.25, -0.2) is 52.8 Å². The third kappa shape index (κ3) is 18.4. The summed E-state index contributed by atoms with van der Waals surface area (Å²) in [7, 11) is -1.75. The zero-order chi connectivity index (χ0) is 75.7. The standard InChI is InChI=1S/C26H27ClN6O2SSi.C20H13ClN6OS.C19H23BrN6OSSi.C7H5BClO3/c1-17-22(21-7-5-6-10-33(21)30-17)26-29-23(19-13-18(14-34)8-9-20(19)27)24(36-26)25-28-15-32(31-25)16-35-11-12-37(2,3)4;1-11-16(15-4-2-3-7-27(15)26-11)20-24-17(18(29-20)19-22-10-23-25-19)13-8-12(9-28)5-6-14(13)21;1-13-15(14-7-5-6-8-26(14)23-13)19-22-17(20)16(28-19)18-21-11-25(24-18)12-27-9-10-29(2,3)4;9-6-2-1-5(4-10)3-7(6)12-8-11/h5-10,13-15H,11-12,16H2,1-4H3;2-10H,1H3,(H,22,23,25);5-8,11H,9-10,12H2,1-4H3;1-4,11H. The first-order valence-corrected chi connectivity index (χ1v) is 45.0. The molecular formula is C72H68BBrCl3N18O7S3Si2. The number of hydrogen-bond acceptors (Lipinski definition) is 22. The number of benzene rings is 3. The molecule has 0 fully saturated rings. The average Bonchev–Trinajstić information content (AvgIpc) is 1.64. The van der Waals surface area contributed by atoms with Gasteiger partial charge in [-0.2, -0.15) is 20.4 Å². The number of carbonyl (C=O) groups excluding carboxylic acids is 3. The molecule has 3 aromatic carbocycles. The van der Waals surface area contributed by atoms with Crippen molar-refractivity contribution in [1.29, 1.82) is 0 Å². The minimum atomic E-state index is -1.17. The number of aryl methyl sites for hydroxylation is 3. The normalized spacial score (nSPS) is 11.5. The van der Waals surface area contributed by atoms with E-state index in [2.05, 4.69) is 117 Å². The summed E-state index contributed by atoms with van der Waals surface area (Å²) in [5, 5.41) is 42.0. The van der Waals surface area contributed by atoms with Crippen LogP contribution in [0.3, 0.4) is 0 Å². The van der Waals surface area contributed by atoms with Crippen LogP contribution >= 0.6 is 84.7 Å². The molecule has 0 atom stereocenters. The maximum absolute atomic E-state index is 11.5. The van der Waals surface area contributed by atoms with E-state index in [9.17, 15) is 14.4 Å². The summed E-state index contributed by atoms with van der Waals surface area (Å²) in [6, 6.07) is 34.8. The Balaban J connectivity index is 0.000000140. The van der Waals surface area contributed by atoms with Crippen molar-refractivity contribution in [2.75, 3.05) is 13.2 Å². The number of carbonyl (C=O) groups is 3. The summed E-state index contributed by atoms with van der Waals surface area (Å²) in [4.78, 5) is 63.5.